The van der Waals surface area contributed by atoms with Gasteiger partial charge in [0.2, 0.25) is 5.91 Å². The first kappa shape index (κ1) is 17.8. The Morgan fingerprint density at radius 2 is 1.55 bits per heavy atom. The molecule has 2 rings (SSSR count). The molecule has 0 bridgehead atoms. The molecule has 1 aliphatic carbocycles. The maximum Gasteiger partial charge on any atom is 0.225 e. The summed E-state index contributed by atoms with van der Waals surface area (Å²) in [5, 5.41) is 3.26. The molecule has 0 atom stereocenters. The van der Waals surface area contributed by atoms with Crippen LogP contribution < -0.4 is 5.32 Å². The number of amides is 1. The third kappa shape index (κ3) is 5.25. The van der Waals surface area contributed by atoms with Crippen molar-refractivity contribution in [3.05, 3.63) is 0 Å². The van der Waals surface area contributed by atoms with E-state index in [1.54, 1.807) is 0 Å². The maximum absolute atomic E-state index is 12.6. The lowest BCUT2D eigenvalue weighted by molar-refractivity contribution is -0.137. The van der Waals surface area contributed by atoms with Crippen molar-refractivity contribution in [2.24, 2.45) is 11.8 Å². The zero-order valence-corrected chi connectivity index (χ0v) is 13.7. The molecule has 3 nitrogen and oxygen atoms in total. The van der Waals surface area contributed by atoms with Crippen LogP contribution in [0.25, 0.3) is 0 Å². The lowest BCUT2D eigenvalue weighted by Gasteiger charge is -2.34. The molecule has 2 fully saturated rings. The van der Waals surface area contributed by atoms with Crippen LogP contribution in [0, 0.1) is 11.8 Å². The normalized spacial score (nSPS) is 22.8. The molecule has 4 heteroatoms. The van der Waals surface area contributed by atoms with E-state index in [2.05, 4.69) is 10.2 Å². The molecule has 20 heavy (non-hydrogen) atoms. The van der Waals surface area contributed by atoms with Gasteiger partial charge in [-0.2, -0.15) is 0 Å². The molecule has 0 aromatic heterocycles. The molecule has 0 radical (unpaired) electrons. The largest absolute Gasteiger partial charge is 0.342 e. The van der Waals surface area contributed by atoms with Crippen LogP contribution in [0.2, 0.25) is 0 Å². The van der Waals surface area contributed by atoms with E-state index in [0.29, 0.717) is 11.8 Å². The Kier molecular flexibility index (Phi) is 8.55. The number of carbonyl (C=O) groups is 1. The summed E-state index contributed by atoms with van der Waals surface area (Å²) in [5.41, 5.74) is 0. The monoisotopic (exact) mass is 302 g/mol. The Bertz CT molecular complexity index is 270. The van der Waals surface area contributed by atoms with E-state index >= 15 is 0 Å². The second-order valence-corrected chi connectivity index (χ2v) is 6.37. The topological polar surface area (TPSA) is 32.3 Å². The van der Waals surface area contributed by atoms with Crippen LogP contribution in [-0.4, -0.2) is 37.5 Å². The van der Waals surface area contributed by atoms with E-state index < -0.39 is 0 Å². The second-order valence-electron chi connectivity index (χ2n) is 6.37. The summed E-state index contributed by atoms with van der Waals surface area (Å²) in [4.78, 5) is 14.7. The summed E-state index contributed by atoms with van der Waals surface area (Å²) in [7, 11) is 2.02. The van der Waals surface area contributed by atoms with E-state index in [1.165, 1.54) is 44.9 Å². The standard InChI is InChI=1S/C16H30N2O.ClH/c1-17-13-14-9-11-18(12-10-14)16(19)15-7-5-3-2-4-6-8-15;/h14-15,17H,2-13H2,1H3;1H. The fraction of sp³-hybridized carbons (Fsp3) is 0.938. The van der Waals surface area contributed by atoms with Gasteiger partial charge in [-0.25, -0.2) is 0 Å². The molecular weight excluding hydrogens is 272 g/mol. The number of halogens is 1. The highest BCUT2D eigenvalue weighted by Crippen LogP contribution is 2.26. The van der Waals surface area contributed by atoms with Crippen molar-refractivity contribution in [3.63, 3.8) is 0 Å². The van der Waals surface area contributed by atoms with Gasteiger partial charge < -0.3 is 10.2 Å². The van der Waals surface area contributed by atoms with Crippen molar-refractivity contribution >= 4 is 18.3 Å². The van der Waals surface area contributed by atoms with Gasteiger partial charge in [-0.15, -0.1) is 12.4 Å². The molecule has 1 N–H and O–H groups in total. The van der Waals surface area contributed by atoms with Crippen molar-refractivity contribution < 1.29 is 4.79 Å². The molecule has 1 heterocycles. The highest BCUT2D eigenvalue weighted by Gasteiger charge is 2.27. The van der Waals surface area contributed by atoms with E-state index in [4.69, 9.17) is 0 Å². The number of nitrogens with zero attached hydrogens (tertiary/aromatic N) is 1. The number of likely N-dealkylation sites (tertiary alicyclic amines) is 1. The average Bonchev–Trinajstić information content (AvgIpc) is 2.39. The number of carbonyl (C=O) groups excluding carboxylic acids is 1. The smallest absolute Gasteiger partial charge is 0.225 e. The first-order valence-corrected chi connectivity index (χ1v) is 8.24. The summed E-state index contributed by atoms with van der Waals surface area (Å²) >= 11 is 0. The van der Waals surface area contributed by atoms with Gasteiger partial charge in [0.15, 0.2) is 0 Å². The number of nitrogens with one attached hydrogen (secondary N) is 1. The van der Waals surface area contributed by atoms with Gasteiger partial charge in [0, 0.05) is 19.0 Å². The van der Waals surface area contributed by atoms with Gasteiger partial charge in [0.1, 0.15) is 0 Å². The third-order valence-electron chi connectivity index (χ3n) is 4.87. The lowest BCUT2D eigenvalue weighted by atomic mass is 9.89. The number of rotatable bonds is 3. The predicted molar refractivity (Wildman–Crippen MR) is 86.3 cm³/mol. The molecule has 0 aromatic rings. The third-order valence-corrected chi connectivity index (χ3v) is 4.87. The summed E-state index contributed by atoms with van der Waals surface area (Å²) < 4.78 is 0. The van der Waals surface area contributed by atoms with E-state index in [-0.39, 0.29) is 12.4 Å². The maximum atomic E-state index is 12.6. The van der Waals surface area contributed by atoms with Gasteiger partial charge in [-0.3, -0.25) is 4.79 Å². The second kappa shape index (κ2) is 9.62. The van der Waals surface area contributed by atoms with Crippen molar-refractivity contribution in [2.45, 2.75) is 57.8 Å². The first-order chi connectivity index (χ1) is 9.31. The van der Waals surface area contributed by atoms with Crippen LogP contribution in [0.5, 0.6) is 0 Å². The van der Waals surface area contributed by atoms with Crippen LogP contribution >= 0.6 is 12.4 Å². The van der Waals surface area contributed by atoms with Crippen molar-refractivity contribution in [1.82, 2.24) is 10.2 Å². The molecule has 1 saturated carbocycles. The Labute approximate surface area is 130 Å². The van der Waals surface area contributed by atoms with Crippen molar-refractivity contribution in [1.29, 1.82) is 0 Å². The Balaban J connectivity index is 0.00000200. The van der Waals surface area contributed by atoms with Gasteiger partial charge in [-0.05, 0) is 45.2 Å². The molecule has 1 aliphatic heterocycles. The van der Waals surface area contributed by atoms with E-state index in [1.807, 2.05) is 7.05 Å². The number of hydrogen-bond donors (Lipinski definition) is 1. The average molecular weight is 303 g/mol. The minimum atomic E-state index is 0. The zero-order chi connectivity index (χ0) is 13.5. The number of piperidine rings is 1. The Hall–Kier alpha value is -0.280. The van der Waals surface area contributed by atoms with E-state index in [9.17, 15) is 4.79 Å². The zero-order valence-electron chi connectivity index (χ0n) is 12.9. The van der Waals surface area contributed by atoms with Gasteiger partial charge in [0.05, 0.1) is 0 Å². The molecule has 1 saturated heterocycles. The SMILES string of the molecule is CNCC1CCN(C(=O)C2CCCCCCC2)CC1.Cl. The van der Waals surface area contributed by atoms with Crippen LogP contribution in [0.1, 0.15) is 57.8 Å². The summed E-state index contributed by atoms with van der Waals surface area (Å²) in [6, 6.07) is 0. The summed E-state index contributed by atoms with van der Waals surface area (Å²) in [6.45, 7) is 3.08. The molecule has 1 amide bonds. The molecule has 0 aromatic carbocycles. The molecule has 0 unspecified atom stereocenters. The quantitative estimate of drug-likeness (QED) is 0.868. The van der Waals surface area contributed by atoms with Gasteiger partial charge in [0.25, 0.3) is 0 Å². The summed E-state index contributed by atoms with van der Waals surface area (Å²) in [5.74, 6) is 1.57. The highest BCUT2D eigenvalue weighted by molar-refractivity contribution is 5.85. The fourth-order valence-electron chi connectivity index (χ4n) is 3.61. The molecule has 118 valence electrons. The predicted octanol–water partition coefficient (Wildman–Crippen LogP) is 3.23. The Morgan fingerprint density at radius 3 is 2.10 bits per heavy atom. The van der Waals surface area contributed by atoms with Crippen LogP contribution in [0.3, 0.4) is 0 Å². The Morgan fingerprint density at radius 1 is 1.00 bits per heavy atom. The van der Waals surface area contributed by atoms with Crippen molar-refractivity contribution in [2.75, 3.05) is 26.7 Å². The van der Waals surface area contributed by atoms with Gasteiger partial charge in [-0.1, -0.05) is 32.1 Å². The van der Waals surface area contributed by atoms with Crippen LogP contribution in [-0.2, 0) is 4.79 Å². The molecular formula is C16H31ClN2O. The van der Waals surface area contributed by atoms with Crippen LogP contribution in [0.4, 0.5) is 0 Å². The summed E-state index contributed by atoms with van der Waals surface area (Å²) in [6.07, 6.45) is 11.2. The first-order valence-electron chi connectivity index (χ1n) is 8.24. The highest BCUT2D eigenvalue weighted by atomic mass is 35.5. The van der Waals surface area contributed by atoms with Crippen molar-refractivity contribution in [3.8, 4) is 0 Å². The minimum absolute atomic E-state index is 0. The number of hydrogen-bond acceptors (Lipinski definition) is 2. The lowest BCUT2D eigenvalue weighted by Crippen LogP contribution is -2.43. The molecule has 0 spiro atoms. The fourth-order valence-corrected chi connectivity index (χ4v) is 3.61. The minimum Gasteiger partial charge on any atom is -0.342 e. The van der Waals surface area contributed by atoms with Gasteiger partial charge >= 0.3 is 0 Å². The van der Waals surface area contributed by atoms with Crippen LogP contribution in [0.15, 0.2) is 0 Å². The van der Waals surface area contributed by atoms with E-state index in [0.717, 1.165) is 38.4 Å². The molecule has 2 aliphatic rings.